The Bertz CT molecular complexity index is 382. The largest absolute Gasteiger partial charge is 0.350 e. The first kappa shape index (κ1) is 13.6. The van der Waals surface area contributed by atoms with Gasteiger partial charge >= 0.3 is 0 Å². The molecule has 0 aliphatic heterocycles. The van der Waals surface area contributed by atoms with E-state index in [4.69, 9.17) is 0 Å². The fourth-order valence-corrected chi connectivity index (χ4v) is 1.50. The molecule has 17 heavy (non-hydrogen) atoms. The topological polar surface area (TPSA) is 54.0 Å². The normalized spacial score (nSPS) is 11.3. The number of nitrogens with zero attached hydrogens (tertiary/aromatic N) is 1. The summed E-state index contributed by atoms with van der Waals surface area (Å²) in [4.78, 5) is 15.6. The molecule has 0 saturated heterocycles. The minimum Gasteiger partial charge on any atom is -0.350 e. The second-order valence-corrected chi connectivity index (χ2v) is 5.27. The average molecular weight is 235 g/mol. The second-order valence-electron chi connectivity index (χ2n) is 5.27. The van der Waals surface area contributed by atoms with Gasteiger partial charge in [-0.25, -0.2) is 0 Å². The van der Waals surface area contributed by atoms with E-state index in [1.807, 2.05) is 40.1 Å². The lowest BCUT2D eigenvalue weighted by Crippen LogP contribution is -2.44. The van der Waals surface area contributed by atoms with Crippen LogP contribution < -0.4 is 10.6 Å². The van der Waals surface area contributed by atoms with Gasteiger partial charge in [0.05, 0.1) is 6.54 Å². The number of rotatable bonds is 4. The zero-order valence-electron chi connectivity index (χ0n) is 11.0. The molecule has 1 rings (SSSR count). The molecule has 0 spiro atoms. The molecule has 94 valence electrons. The Kier molecular flexibility index (Phi) is 4.63. The van der Waals surface area contributed by atoms with E-state index >= 15 is 0 Å². The number of carbonyl (C=O) groups excluding carboxylic acids is 1. The van der Waals surface area contributed by atoms with Crippen LogP contribution in [0.25, 0.3) is 0 Å². The number of hydrogen-bond acceptors (Lipinski definition) is 3. The van der Waals surface area contributed by atoms with Crippen LogP contribution in [0.3, 0.4) is 0 Å². The van der Waals surface area contributed by atoms with Gasteiger partial charge in [-0.2, -0.15) is 0 Å². The third-order valence-electron chi connectivity index (χ3n) is 2.06. The van der Waals surface area contributed by atoms with Gasteiger partial charge < -0.3 is 10.6 Å². The highest BCUT2D eigenvalue weighted by atomic mass is 16.2. The predicted molar refractivity (Wildman–Crippen MR) is 68.6 cm³/mol. The summed E-state index contributed by atoms with van der Waals surface area (Å²) in [7, 11) is 0. The van der Waals surface area contributed by atoms with E-state index in [9.17, 15) is 4.79 Å². The number of hydrogen-bond donors (Lipinski definition) is 2. The summed E-state index contributed by atoms with van der Waals surface area (Å²) < 4.78 is 0. The maximum Gasteiger partial charge on any atom is 0.234 e. The molecule has 1 amide bonds. The van der Waals surface area contributed by atoms with Crippen LogP contribution in [0.5, 0.6) is 0 Å². The maximum absolute atomic E-state index is 11.5. The van der Waals surface area contributed by atoms with Gasteiger partial charge in [0.2, 0.25) is 5.91 Å². The fourth-order valence-electron chi connectivity index (χ4n) is 1.50. The molecule has 4 heteroatoms. The van der Waals surface area contributed by atoms with E-state index in [-0.39, 0.29) is 11.4 Å². The molecule has 0 aromatic carbocycles. The minimum absolute atomic E-state index is 0.0121. The van der Waals surface area contributed by atoms with Gasteiger partial charge in [-0.05, 0) is 38.8 Å². The highest BCUT2D eigenvalue weighted by Gasteiger charge is 2.12. The molecule has 1 heterocycles. The lowest BCUT2D eigenvalue weighted by molar-refractivity contribution is -0.121. The van der Waals surface area contributed by atoms with Crippen molar-refractivity contribution in [2.75, 3.05) is 6.54 Å². The van der Waals surface area contributed by atoms with Crippen LogP contribution in [0.15, 0.2) is 18.5 Å². The smallest absolute Gasteiger partial charge is 0.234 e. The van der Waals surface area contributed by atoms with Crippen LogP contribution >= 0.6 is 0 Å². The van der Waals surface area contributed by atoms with Crippen molar-refractivity contribution in [3.8, 4) is 0 Å². The van der Waals surface area contributed by atoms with Crippen LogP contribution in [0.2, 0.25) is 0 Å². The summed E-state index contributed by atoms with van der Waals surface area (Å²) in [6.07, 6.45) is 3.62. The summed E-state index contributed by atoms with van der Waals surface area (Å²) in [5.41, 5.74) is 2.04. The van der Waals surface area contributed by atoms with Crippen LogP contribution in [0, 0.1) is 6.92 Å². The number of pyridine rings is 1. The van der Waals surface area contributed by atoms with Crippen molar-refractivity contribution in [2.45, 2.75) is 39.8 Å². The summed E-state index contributed by atoms with van der Waals surface area (Å²) in [5, 5.41) is 6.00. The average Bonchev–Trinajstić information content (AvgIpc) is 2.14. The summed E-state index contributed by atoms with van der Waals surface area (Å²) in [5.74, 6) is 0.0121. The van der Waals surface area contributed by atoms with Crippen LogP contribution in [-0.2, 0) is 11.3 Å². The maximum atomic E-state index is 11.5. The van der Waals surface area contributed by atoms with Crippen LogP contribution in [0.4, 0.5) is 0 Å². The Hall–Kier alpha value is -1.42. The molecule has 0 unspecified atom stereocenters. The molecule has 0 aliphatic carbocycles. The van der Waals surface area contributed by atoms with Crippen molar-refractivity contribution in [1.82, 2.24) is 15.6 Å². The summed E-state index contributed by atoms with van der Waals surface area (Å²) in [6, 6.07) is 2.06. The van der Waals surface area contributed by atoms with Gasteiger partial charge in [0.15, 0.2) is 0 Å². The van der Waals surface area contributed by atoms with Crippen molar-refractivity contribution in [2.24, 2.45) is 0 Å². The summed E-state index contributed by atoms with van der Waals surface area (Å²) >= 11 is 0. The summed E-state index contributed by atoms with van der Waals surface area (Å²) in [6.45, 7) is 8.89. The quantitative estimate of drug-likeness (QED) is 0.829. The Morgan fingerprint density at radius 1 is 1.35 bits per heavy atom. The highest BCUT2D eigenvalue weighted by molar-refractivity contribution is 5.78. The van der Waals surface area contributed by atoms with Gasteiger partial charge in [0, 0.05) is 24.5 Å². The Morgan fingerprint density at radius 2 is 2.06 bits per heavy atom. The Morgan fingerprint density at radius 3 is 2.65 bits per heavy atom. The molecule has 0 atom stereocenters. The number of nitrogens with one attached hydrogen (secondary N) is 2. The van der Waals surface area contributed by atoms with E-state index in [0.717, 1.165) is 11.1 Å². The zero-order valence-corrected chi connectivity index (χ0v) is 11.0. The first-order valence-corrected chi connectivity index (χ1v) is 5.79. The fraction of sp³-hybridized carbons (Fsp3) is 0.538. The molecule has 1 aromatic rings. The predicted octanol–water partition coefficient (Wildman–Crippen LogP) is 1.39. The first-order chi connectivity index (χ1) is 7.87. The zero-order chi connectivity index (χ0) is 12.9. The molecule has 0 saturated carbocycles. The molecular formula is C13H21N3O. The van der Waals surface area contributed by atoms with Crippen molar-refractivity contribution in [3.63, 3.8) is 0 Å². The molecule has 0 bridgehead atoms. The van der Waals surface area contributed by atoms with Crippen molar-refractivity contribution >= 4 is 5.91 Å². The van der Waals surface area contributed by atoms with Crippen LogP contribution in [0.1, 0.15) is 31.9 Å². The van der Waals surface area contributed by atoms with E-state index < -0.39 is 0 Å². The van der Waals surface area contributed by atoms with Gasteiger partial charge in [0.25, 0.3) is 0 Å². The van der Waals surface area contributed by atoms with E-state index in [1.54, 1.807) is 0 Å². The molecule has 2 N–H and O–H groups in total. The Labute approximate surface area is 103 Å². The molecule has 4 nitrogen and oxygen atoms in total. The van der Waals surface area contributed by atoms with Gasteiger partial charge in [-0.15, -0.1) is 0 Å². The third-order valence-corrected chi connectivity index (χ3v) is 2.06. The van der Waals surface area contributed by atoms with Crippen molar-refractivity contribution < 1.29 is 4.79 Å². The third kappa shape index (κ3) is 6.02. The van der Waals surface area contributed by atoms with E-state index in [0.29, 0.717) is 13.1 Å². The second kappa shape index (κ2) is 5.77. The lowest BCUT2D eigenvalue weighted by Gasteiger charge is -2.20. The monoisotopic (exact) mass is 235 g/mol. The van der Waals surface area contributed by atoms with Gasteiger partial charge in [-0.3, -0.25) is 9.78 Å². The van der Waals surface area contributed by atoms with Gasteiger partial charge in [0.1, 0.15) is 0 Å². The van der Waals surface area contributed by atoms with E-state index in [2.05, 4.69) is 21.7 Å². The Balaban J connectivity index is 2.31. The number of aryl methyl sites for hydroxylation is 1. The van der Waals surface area contributed by atoms with Crippen molar-refractivity contribution in [3.05, 3.63) is 29.6 Å². The number of carbonyl (C=O) groups is 1. The first-order valence-electron chi connectivity index (χ1n) is 5.79. The van der Waals surface area contributed by atoms with Crippen LogP contribution in [-0.4, -0.2) is 23.0 Å². The SMILES string of the molecule is Cc1cncc(CNCC(=O)NC(C)(C)C)c1. The molecular weight excluding hydrogens is 214 g/mol. The van der Waals surface area contributed by atoms with Crippen molar-refractivity contribution in [1.29, 1.82) is 0 Å². The lowest BCUT2D eigenvalue weighted by atomic mass is 10.1. The molecule has 0 radical (unpaired) electrons. The number of aromatic nitrogens is 1. The molecule has 1 aromatic heterocycles. The standard InChI is InChI=1S/C13H21N3O/c1-10-5-11(7-14-6-10)8-15-9-12(17)16-13(2,3)4/h5-7,15H,8-9H2,1-4H3,(H,16,17). The molecule has 0 aliphatic rings. The molecule has 0 fully saturated rings. The van der Waals surface area contributed by atoms with Gasteiger partial charge in [-0.1, -0.05) is 6.07 Å². The highest BCUT2D eigenvalue weighted by Crippen LogP contribution is 2.00. The number of amides is 1. The van der Waals surface area contributed by atoms with E-state index in [1.165, 1.54) is 0 Å². The minimum atomic E-state index is -0.177.